The Morgan fingerprint density at radius 2 is 2.31 bits per heavy atom. The average Bonchev–Trinajstić information content (AvgIpc) is 2.30. The first-order valence-electron chi connectivity index (χ1n) is 5.22. The minimum atomic E-state index is -0.392. The van der Waals surface area contributed by atoms with Gasteiger partial charge in [0, 0.05) is 0 Å². The van der Waals surface area contributed by atoms with Crippen molar-refractivity contribution in [2.24, 2.45) is 0 Å². The zero-order chi connectivity index (χ0) is 12.0. The van der Waals surface area contributed by atoms with E-state index in [9.17, 15) is 5.11 Å². The molecule has 1 rings (SSSR count). The summed E-state index contributed by atoms with van der Waals surface area (Å²) >= 11 is 0. The number of phenols is 1. The van der Waals surface area contributed by atoms with Gasteiger partial charge in [-0.15, -0.1) is 0 Å². The SMILES string of the molecule is CCCNC(C#N)c1ccc(OC)c(O)c1. The Hall–Kier alpha value is -1.73. The molecule has 86 valence electrons. The molecule has 0 saturated heterocycles. The molecular formula is C12H16N2O2. The quantitative estimate of drug-likeness (QED) is 0.796. The molecule has 0 aliphatic rings. The monoisotopic (exact) mass is 220 g/mol. The van der Waals surface area contributed by atoms with Gasteiger partial charge in [-0.3, -0.25) is 5.32 Å². The zero-order valence-electron chi connectivity index (χ0n) is 9.53. The van der Waals surface area contributed by atoms with Crippen molar-refractivity contribution in [3.05, 3.63) is 23.8 Å². The normalized spacial score (nSPS) is 11.8. The van der Waals surface area contributed by atoms with Crippen LogP contribution < -0.4 is 10.1 Å². The molecule has 0 heterocycles. The van der Waals surface area contributed by atoms with Crippen LogP contribution in [0, 0.1) is 11.3 Å². The molecule has 1 aromatic carbocycles. The molecule has 4 nitrogen and oxygen atoms in total. The number of hydrogen-bond donors (Lipinski definition) is 2. The van der Waals surface area contributed by atoms with Crippen LogP contribution in [0.1, 0.15) is 24.9 Å². The first kappa shape index (κ1) is 12.3. The van der Waals surface area contributed by atoms with Crippen molar-refractivity contribution in [1.29, 1.82) is 5.26 Å². The Balaban J connectivity index is 2.86. The summed E-state index contributed by atoms with van der Waals surface area (Å²) < 4.78 is 4.94. The third-order valence-electron chi connectivity index (χ3n) is 2.26. The van der Waals surface area contributed by atoms with Gasteiger partial charge in [0.2, 0.25) is 0 Å². The van der Waals surface area contributed by atoms with Crippen molar-refractivity contribution in [2.75, 3.05) is 13.7 Å². The van der Waals surface area contributed by atoms with E-state index in [0.29, 0.717) is 5.75 Å². The molecule has 0 fully saturated rings. The van der Waals surface area contributed by atoms with Crippen molar-refractivity contribution in [1.82, 2.24) is 5.32 Å². The molecule has 0 aliphatic heterocycles. The molecule has 4 heteroatoms. The lowest BCUT2D eigenvalue weighted by Crippen LogP contribution is -2.20. The summed E-state index contributed by atoms with van der Waals surface area (Å²) in [5.41, 5.74) is 0.745. The first-order valence-corrected chi connectivity index (χ1v) is 5.22. The van der Waals surface area contributed by atoms with Crippen LogP contribution in [0.5, 0.6) is 11.5 Å². The second-order valence-electron chi connectivity index (χ2n) is 3.45. The molecule has 2 N–H and O–H groups in total. The summed E-state index contributed by atoms with van der Waals surface area (Å²) in [5.74, 6) is 0.467. The van der Waals surface area contributed by atoms with Gasteiger partial charge < -0.3 is 9.84 Å². The summed E-state index contributed by atoms with van der Waals surface area (Å²) in [5, 5.41) is 21.7. The van der Waals surface area contributed by atoms with Crippen LogP contribution in [0.4, 0.5) is 0 Å². The number of nitrogens with one attached hydrogen (secondary N) is 1. The molecule has 0 amide bonds. The zero-order valence-corrected chi connectivity index (χ0v) is 9.53. The van der Waals surface area contributed by atoms with Crippen LogP contribution in [-0.2, 0) is 0 Å². The predicted octanol–water partition coefficient (Wildman–Crippen LogP) is 1.97. The summed E-state index contributed by atoms with van der Waals surface area (Å²) in [7, 11) is 1.49. The van der Waals surface area contributed by atoms with E-state index in [1.807, 2.05) is 6.92 Å². The highest BCUT2D eigenvalue weighted by atomic mass is 16.5. The molecule has 0 aromatic heterocycles. The van der Waals surface area contributed by atoms with Crippen molar-refractivity contribution < 1.29 is 9.84 Å². The Morgan fingerprint density at radius 3 is 2.81 bits per heavy atom. The highest BCUT2D eigenvalue weighted by Gasteiger charge is 2.11. The van der Waals surface area contributed by atoms with Crippen LogP contribution >= 0.6 is 0 Å². The minimum absolute atomic E-state index is 0.0542. The number of methoxy groups -OCH3 is 1. The molecule has 0 radical (unpaired) electrons. The van der Waals surface area contributed by atoms with Crippen molar-refractivity contribution in [3.8, 4) is 17.6 Å². The van der Waals surface area contributed by atoms with Crippen LogP contribution in [0.15, 0.2) is 18.2 Å². The Kier molecular flexibility index (Phi) is 4.62. The molecule has 1 atom stereocenters. The number of ether oxygens (including phenoxy) is 1. The van der Waals surface area contributed by atoms with Gasteiger partial charge in [0.1, 0.15) is 6.04 Å². The number of aromatic hydroxyl groups is 1. The van der Waals surface area contributed by atoms with Crippen molar-refractivity contribution in [2.45, 2.75) is 19.4 Å². The second kappa shape index (κ2) is 5.99. The fourth-order valence-corrected chi connectivity index (χ4v) is 1.41. The second-order valence-corrected chi connectivity index (χ2v) is 3.45. The fourth-order valence-electron chi connectivity index (χ4n) is 1.41. The summed E-state index contributed by atoms with van der Waals surface area (Å²) in [4.78, 5) is 0. The molecular weight excluding hydrogens is 204 g/mol. The van der Waals surface area contributed by atoms with Gasteiger partial charge in [-0.2, -0.15) is 5.26 Å². The highest BCUT2D eigenvalue weighted by Crippen LogP contribution is 2.28. The molecule has 1 unspecified atom stereocenters. The topological polar surface area (TPSA) is 65.3 Å². The van der Waals surface area contributed by atoms with E-state index >= 15 is 0 Å². The van der Waals surface area contributed by atoms with Crippen LogP contribution in [0.3, 0.4) is 0 Å². The Bertz CT molecular complexity index is 385. The largest absolute Gasteiger partial charge is 0.504 e. The number of rotatable bonds is 5. The lowest BCUT2D eigenvalue weighted by atomic mass is 10.1. The van der Waals surface area contributed by atoms with E-state index in [-0.39, 0.29) is 5.75 Å². The summed E-state index contributed by atoms with van der Waals surface area (Å²) in [6.07, 6.45) is 0.959. The Labute approximate surface area is 95.5 Å². The summed E-state index contributed by atoms with van der Waals surface area (Å²) in [6, 6.07) is 6.74. The lowest BCUT2D eigenvalue weighted by Gasteiger charge is -2.12. The fraction of sp³-hybridized carbons (Fsp3) is 0.417. The Morgan fingerprint density at radius 1 is 1.56 bits per heavy atom. The molecule has 0 aliphatic carbocycles. The molecule has 0 spiro atoms. The lowest BCUT2D eigenvalue weighted by molar-refractivity contribution is 0.372. The van der Waals surface area contributed by atoms with E-state index in [2.05, 4.69) is 11.4 Å². The van der Waals surface area contributed by atoms with E-state index in [4.69, 9.17) is 10.00 Å². The number of hydrogen-bond acceptors (Lipinski definition) is 4. The maximum atomic E-state index is 9.60. The van der Waals surface area contributed by atoms with Crippen molar-refractivity contribution in [3.63, 3.8) is 0 Å². The van der Waals surface area contributed by atoms with Crippen molar-refractivity contribution >= 4 is 0 Å². The summed E-state index contributed by atoms with van der Waals surface area (Å²) in [6.45, 7) is 2.80. The smallest absolute Gasteiger partial charge is 0.160 e. The average molecular weight is 220 g/mol. The maximum Gasteiger partial charge on any atom is 0.160 e. The van der Waals surface area contributed by atoms with E-state index in [1.54, 1.807) is 18.2 Å². The van der Waals surface area contributed by atoms with E-state index in [0.717, 1.165) is 18.5 Å². The molecule has 0 bridgehead atoms. The number of nitriles is 1. The molecule has 16 heavy (non-hydrogen) atoms. The maximum absolute atomic E-state index is 9.60. The molecule has 0 saturated carbocycles. The predicted molar refractivity (Wildman–Crippen MR) is 61.3 cm³/mol. The van der Waals surface area contributed by atoms with Gasteiger partial charge in [0.25, 0.3) is 0 Å². The number of benzene rings is 1. The van der Waals surface area contributed by atoms with Gasteiger partial charge in [-0.1, -0.05) is 13.0 Å². The standard InChI is InChI=1S/C12H16N2O2/c1-3-6-14-10(8-13)9-4-5-12(16-2)11(15)7-9/h4-5,7,10,14-15H,3,6H2,1-2H3. The van der Waals surface area contributed by atoms with Gasteiger partial charge in [0.15, 0.2) is 11.5 Å². The third-order valence-corrected chi connectivity index (χ3v) is 2.26. The van der Waals surface area contributed by atoms with Crippen LogP contribution in [0.25, 0.3) is 0 Å². The highest BCUT2D eigenvalue weighted by molar-refractivity contribution is 5.43. The third kappa shape index (κ3) is 2.88. The minimum Gasteiger partial charge on any atom is -0.504 e. The van der Waals surface area contributed by atoms with E-state index in [1.165, 1.54) is 7.11 Å². The van der Waals surface area contributed by atoms with E-state index < -0.39 is 6.04 Å². The number of nitrogens with zero attached hydrogens (tertiary/aromatic N) is 1. The van der Waals surface area contributed by atoms with Crippen LogP contribution in [-0.4, -0.2) is 18.8 Å². The number of phenolic OH excluding ortho intramolecular Hbond substituents is 1. The molecule has 1 aromatic rings. The first-order chi connectivity index (χ1) is 7.72. The van der Waals surface area contributed by atoms with Crippen LogP contribution in [0.2, 0.25) is 0 Å². The van der Waals surface area contributed by atoms with Gasteiger partial charge in [-0.25, -0.2) is 0 Å². The van der Waals surface area contributed by atoms with Gasteiger partial charge in [-0.05, 0) is 30.7 Å². The van der Waals surface area contributed by atoms with Gasteiger partial charge in [0.05, 0.1) is 13.2 Å². The van der Waals surface area contributed by atoms with Gasteiger partial charge >= 0.3 is 0 Å².